The third-order valence-corrected chi connectivity index (χ3v) is 4.13. The van der Waals surface area contributed by atoms with Crippen molar-refractivity contribution in [3.8, 4) is 0 Å². The van der Waals surface area contributed by atoms with Crippen molar-refractivity contribution in [2.75, 3.05) is 11.9 Å². The van der Waals surface area contributed by atoms with E-state index in [-0.39, 0.29) is 17.1 Å². The second kappa shape index (κ2) is 5.80. The van der Waals surface area contributed by atoms with Crippen molar-refractivity contribution in [1.29, 1.82) is 0 Å². The lowest BCUT2D eigenvalue weighted by Gasteiger charge is -2.37. The number of hydrogen-bond acceptors (Lipinski definition) is 2. The Kier molecular flexibility index (Phi) is 4.96. The quantitative estimate of drug-likeness (QED) is 0.807. The lowest BCUT2D eigenvalue weighted by Crippen LogP contribution is -2.45. The summed E-state index contributed by atoms with van der Waals surface area (Å²) in [6.07, 6.45) is 3.97. The van der Waals surface area contributed by atoms with E-state index >= 15 is 0 Å². The fourth-order valence-electron chi connectivity index (χ4n) is 2.30. The Morgan fingerprint density at radius 2 is 1.94 bits per heavy atom. The SMILES string of the molecule is CC(=O)NCC1(C(=O)CBr)CCC(C)CC1. The van der Waals surface area contributed by atoms with Crippen LogP contribution in [-0.2, 0) is 9.59 Å². The van der Waals surface area contributed by atoms with Gasteiger partial charge < -0.3 is 5.32 Å². The lowest BCUT2D eigenvalue weighted by molar-refractivity contribution is -0.129. The summed E-state index contributed by atoms with van der Waals surface area (Å²) in [5.41, 5.74) is -0.318. The Bertz CT molecular complexity index is 270. The summed E-state index contributed by atoms with van der Waals surface area (Å²) in [5, 5.41) is 3.20. The second-order valence-electron chi connectivity index (χ2n) is 4.93. The number of rotatable bonds is 4. The first-order valence-corrected chi connectivity index (χ1v) is 6.96. The van der Waals surface area contributed by atoms with Gasteiger partial charge in [0.05, 0.1) is 5.33 Å². The predicted octanol–water partition coefficient (Wildman–Crippen LogP) is 2.28. The minimum absolute atomic E-state index is 0.0552. The molecule has 0 aromatic heterocycles. The van der Waals surface area contributed by atoms with E-state index < -0.39 is 0 Å². The molecule has 0 aromatic carbocycles. The highest BCUT2D eigenvalue weighted by Gasteiger charge is 2.39. The summed E-state index contributed by atoms with van der Waals surface area (Å²) in [4.78, 5) is 23.0. The van der Waals surface area contributed by atoms with Gasteiger partial charge in [-0.15, -0.1) is 0 Å². The fraction of sp³-hybridized carbons (Fsp3) is 0.833. The van der Waals surface area contributed by atoms with Gasteiger partial charge in [-0.2, -0.15) is 0 Å². The van der Waals surface area contributed by atoms with Crippen LogP contribution in [0.15, 0.2) is 0 Å². The first kappa shape index (κ1) is 13.7. The summed E-state index contributed by atoms with van der Waals surface area (Å²) in [6, 6.07) is 0. The van der Waals surface area contributed by atoms with E-state index in [9.17, 15) is 9.59 Å². The number of carbonyl (C=O) groups excluding carboxylic acids is 2. The van der Waals surface area contributed by atoms with Gasteiger partial charge >= 0.3 is 0 Å². The maximum atomic E-state index is 12.0. The lowest BCUT2D eigenvalue weighted by atomic mass is 9.68. The molecule has 92 valence electrons. The number of amides is 1. The van der Waals surface area contributed by atoms with Crippen molar-refractivity contribution in [3.63, 3.8) is 0 Å². The highest BCUT2D eigenvalue weighted by atomic mass is 79.9. The molecule has 1 aliphatic rings. The van der Waals surface area contributed by atoms with Crippen LogP contribution >= 0.6 is 15.9 Å². The van der Waals surface area contributed by atoms with Gasteiger partial charge in [0, 0.05) is 18.9 Å². The molecule has 1 N–H and O–H groups in total. The van der Waals surface area contributed by atoms with Crippen LogP contribution in [0.3, 0.4) is 0 Å². The van der Waals surface area contributed by atoms with Crippen molar-refractivity contribution >= 4 is 27.6 Å². The summed E-state index contributed by atoms with van der Waals surface area (Å²) >= 11 is 3.25. The van der Waals surface area contributed by atoms with E-state index in [1.165, 1.54) is 6.92 Å². The Labute approximate surface area is 105 Å². The smallest absolute Gasteiger partial charge is 0.216 e. The molecule has 1 amide bonds. The molecule has 0 aliphatic heterocycles. The van der Waals surface area contributed by atoms with E-state index in [1.54, 1.807) is 0 Å². The topological polar surface area (TPSA) is 46.2 Å². The number of carbonyl (C=O) groups is 2. The van der Waals surface area contributed by atoms with E-state index in [2.05, 4.69) is 28.2 Å². The van der Waals surface area contributed by atoms with E-state index in [1.807, 2.05) is 0 Å². The Balaban J connectivity index is 2.69. The maximum Gasteiger partial charge on any atom is 0.216 e. The average molecular weight is 290 g/mol. The number of halogens is 1. The average Bonchev–Trinajstić information content (AvgIpc) is 2.28. The minimum Gasteiger partial charge on any atom is -0.355 e. The van der Waals surface area contributed by atoms with Gasteiger partial charge in [-0.25, -0.2) is 0 Å². The zero-order valence-corrected chi connectivity index (χ0v) is 11.6. The minimum atomic E-state index is -0.318. The van der Waals surface area contributed by atoms with Crippen LogP contribution in [0.4, 0.5) is 0 Å². The number of ketones is 1. The van der Waals surface area contributed by atoms with Gasteiger partial charge in [0.15, 0.2) is 5.78 Å². The third kappa shape index (κ3) is 3.30. The van der Waals surface area contributed by atoms with Crippen LogP contribution < -0.4 is 5.32 Å². The number of hydrogen-bond donors (Lipinski definition) is 1. The van der Waals surface area contributed by atoms with Crippen molar-refractivity contribution < 1.29 is 9.59 Å². The van der Waals surface area contributed by atoms with Crippen molar-refractivity contribution in [2.45, 2.75) is 39.5 Å². The number of Topliss-reactive ketones (excluding diaryl/α,β-unsaturated/α-hetero) is 1. The molecule has 1 saturated carbocycles. The van der Waals surface area contributed by atoms with Gasteiger partial charge in [0.25, 0.3) is 0 Å². The summed E-state index contributed by atoms with van der Waals surface area (Å²) < 4.78 is 0. The second-order valence-corrected chi connectivity index (χ2v) is 5.49. The predicted molar refractivity (Wildman–Crippen MR) is 67.5 cm³/mol. The van der Waals surface area contributed by atoms with Gasteiger partial charge in [-0.1, -0.05) is 22.9 Å². The molecule has 1 fully saturated rings. The Morgan fingerprint density at radius 3 is 2.38 bits per heavy atom. The van der Waals surface area contributed by atoms with Crippen molar-refractivity contribution in [2.24, 2.45) is 11.3 Å². The molecular weight excluding hydrogens is 270 g/mol. The normalized spacial score (nSPS) is 29.8. The highest BCUT2D eigenvalue weighted by Crippen LogP contribution is 2.39. The van der Waals surface area contributed by atoms with Gasteiger partial charge in [-0.05, 0) is 31.6 Å². The van der Waals surface area contributed by atoms with Crippen LogP contribution in [0.5, 0.6) is 0 Å². The molecule has 0 saturated heterocycles. The zero-order valence-electron chi connectivity index (χ0n) is 10.0. The molecule has 0 aromatic rings. The van der Waals surface area contributed by atoms with Gasteiger partial charge in [0.1, 0.15) is 0 Å². The standard InChI is InChI=1S/C12H20BrNO2/c1-9-3-5-12(6-4-9,11(16)7-13)8-14-10(2)15/h9H,3-8H2,1-2H3,(H,14,15). The molecule has 3 nitrogen and oxygen atoms in total. The monoisotopic (exact) mass is 289 g/mol. The molecule has 16 heavy (non-hydrogen) atoms. The molecular formula is C12H20BrNO2. The summed E-state index contributed by atoms with van der Waals surface area (Å²) in [7, 11) is 0. The van der Waals surface area contributed by atoms with Crippen molar-refractivity contribution in [3.05, 3.63) is 0 Å². The zero-order chi connectivity index (χ0) is 12.2. The third-order valence-electron chi connectivity index (χ3n) is 3.62. The molecule has 0 unspecified atom stereocenters. The van der Waals surface area contributed by atoms with E-state index in [0.717, 1.165) is 25.7 Å². The van der Waals surface area contributed by atoms with Gasteiger partial charge in [-0.3, -0.25) is 9.59 Å². The van der Waals surface area contributed by atoms with Crippen LogP contribution in [0.2, 0.25) is 0 Å². The fourth-order valence-corrected chi connectivity index (χ4v) is 2.90. The largest absolute Gasteiger partial charge is 0.355 e. The van der Waals surface area contributed by atoms with Crippen LogP contribution in [0.1, 0.15) is 39.5 Å². The Hall–Kier alpha value is -0.380. The molecule has 0 heterocycles. The van der Waals surface area contributed by atoms with Crippen LogP contribution in [-0.4, -0.2) is 23.6 Å². The van der Waals surface area contributed by atoms with E-state index in [4.69, 9.17) is 0 Å². The molecule has 0 atom stereocenters. The number of alkyl halides is 1. The summed E-state index contributed by atoms with van der Waals surface area (Å²) in [5.74, 6) is 0.877. The first-order valence-electron chi connectivity index (χ1n) is 5.84. The molecule has 4 heteroatoms. The highest BCUT2D eigenvalue weighted by molar-refractivity contribution is 9.09. The Morgan fingerprint density at radius 1 is 1.38 bits per heavy atom. The summed E-state index contributed by atoms with van der Waals surface area (Å²) in [6.45, 7) is 4.22. The molecule has 1 rings (SSSR count). The van der Waals surface area contributed by atoms with Crippen molar-refractivity contribution in [1.82, 2.24) is 5.32 Å². The van der Waals surface area contributed by atoms with Gasteiger partial charge in [0.2, 0.25) is 5.91 Å². The molecule has 0 radical (unpaired) electrons. The molecule has 1 aliphatic carbocycles. The molecule has 0 spiro atoms. The van der Waals surface area contributed by atoms with E-state index in [0.29, 0.717) is 17.8 Å². The maximum absolute atomic E-state index is 12.0. The first-order chi connectivity index (χ1) is 7.50. The molecule has 0 bridgehead atoms. The number of nitrogens with one attached hydrogen (secondary N) is 1. The van der Waals surface area contributed by atoms with Crippen LogP contribution in [0.25, 0.3) is 0 Å². The van der Waals surface area contributed by atoms with Crippen LogP contribution in [0, 0.1) is 11.3 Å².